The quantitative estimate of drug-likeness (QED) is 0.747. The summed E-state index contributed by atoms with van der Waals surface area (Å²) in [5, 5.41) is 5.03. The number of nitrogens with zero attached hydrogens (tertiary/aromatic N) is 2. The van der Waals surface area contributed by atoms with E-state index in [4.69, 9.17) is 14.2 Å². The molecule has 0 aliphatic heterocycles. The Balaban J connectivity index is 2.28. The Hall–Kier alpha value is -1.69. The van der Waals surface area contributed by atoms with Crippen molar-refractivity contribution in [1.82, 2.24) is 9.78 Å². The Bertz CT molecular complexity index is 600. The zero-order valence-electron chi connectivity index (χ0n) is 12.6. The molecule has 114 valence electrons. The zero-order chi connectivity index (χ0) is 15.4. The van der Waals surface area contributed by atoms with Gasteiger partial charge < -0.3 is 14.2 Å². The van der Waals surface area contributed by atoms with Gasteiger partial charge in [-0.25, -0.2) is 0 Å². The van der Waals surface area contributed by atoms with Gasteiger partial charge in [0, 0.05) is 12.4 Å². The summed E-state index contributed by atoms with van der Waals surface area (Å²) >= 11 is 3.43. The largest absolute Gasteiger partial charge is 0.493 e. The molecule has 0 saturated carbocycles. The molecule has 0 saturated heterocycles. The first-order valence-corrected chi connectivity index (χ1v) is 7.64. The number of hydrogen-bond donors (Lipinski definition) is 0. The van der Waals surface area contributed by atoms with E-state index >= 15 is 0 Å². The highest BCUT2D eigenvalue weighted by Gasteiger charge is 2.15. The van der Waals surface area contributed by atoms with Crippen LogP contribution in [0, 0.1) is 6.92 Å². The third-order valence-corrected chi connectivity index (χ3v) is 3.79. The number of benzene rings is 1. The fourth-order valence-electron chi connectivity index (χ4n) is 2.10. The van der Waals surface area contributed by atoms with Gasteiger partial charge in [-0.2, -0.15) is 5.10 Å². The second-order valence-corrected chi connectivity index (χ2v) is 5.21. The first-order chi connectivity index (χ1) is 10.1. The molecule has 1 heterocycles. The third kappa shape index (κ3) is 3.50. The van der Waals surface area contributed by atoms with Gasteiger partial charge in [0.05, 0.1) is 25.6 Å². The molecule has 2 aromatic rings. The van der Waals surface area contributed by atoms with Crippen LogP contribution in [0.3, 0.4) is 0 Å². The van der Waals surface area contributed by atoms with Crippen LogP contribution in [0.5, 0.6) is 17.2 Å². The number of alkyl halides is 1. The van der Waals surface area contributed by atoms with E-state index in [-0.39, 0.29) is 0 Å². The SMILES string of the molecule is COc1cc(CBr)cc(OC)c1OCc1cc(C)nn1C. The molecule has 0 atom stereocenters. The Morgan fingerprint density at radius 2 is 1.76 bits per heavy atom. The van der Waals surface area contributed by atoms with Gasteiger partial charge in [-0.3, -0.25) is 4.68 Å². The minimum Gasteiger partial charge on any atom is -0.493 e. The number of methoxy groups -OCH3 is 2. The van der Waals surface area contributed by atoms with E-state index in [0.29, 0.717) is 23.9 Å². The van der Waals surface area contributed by atoms with E-state index in [1.54, 1.807) is 18.9 Å². The lowest BCUT2D eigenvalue weighted by atomic mass is 10.2. The van der Waals surface area contributed by atoms with Crippen LogP contribution in [0.1, 0.15) is 17.0 Å². The van der Waals surface area contributed by atoms with Crippen LogP contribution in [0.25, 0.3) is 0 Å². The highest BCUT2D eigenvalue weighted by molar-refractivity contribution is 9.08. The predicted molar refractivity (Wildman–Crippen MR) is 84.5 cm³/mol. The van der Waals surface area contributed by atoms with Crippen LogP contribution in [-0.4, -0.2) is 24.0 Å². The Kier molecular flexibility index (Phi) is 5.12. The summed E-state index contributed by atoms with van der Waals surface area (Å²) < 4.78 is 18.5. The van der Waals surface area contributed by atoms with Gasteiger partial charge in [0.2, 0.25) is 5.75 Å². The van der Waals surface area contributed by atoms with E-state index < -0.39 is 0 Å². The summed E-state index contributed by atoms with van der Waals surface area (Å²) in [5.74, 6) is 1.91. The fraction of sp³-hybridized carbons (Fsp3) is 0.400. The maximum atomic E-state index is 5.90. The maximum Gasteiger partial charge on any atom is 0.203 e. The minimum absolute atomic E-state index is 0.401. The van der Waals surface area contributed by atoms with Gasteiger partial charge in [0.25, 0.3) is 0 Å². The first-order valence-electron chi connectivity index (χ1n) is 6.52. The average Bonchev–Trinajstić information content (AvgIpc) is 2.81. The zero-order valence-corrected chi connectivity index (χ0v) is 14.2. The van der Waals surface area contributed by atoms with Crippen LogP contribution in [0.15, 0.2) is 18.2 Å². The number of rotatable bonds is 6. The standard InChI is InChI=1S/C15H19BrN2O3/c1-10-5-12(18(2)17-10)9-21-15-13(19-3)6-11(8-16)7-14(15)20-4/h5-7H,8-9H2,1-4H3. The van der Waals surface area contributed by atoms with Gasteiger partial charge in [-0.15, -0.1) is 0 Å². The number of aryl methyl sites for hydroxylation is 2. The molecule has 0 bridgehead atoms. The lowest BCUT2D eigenvalue weighted by Gasteiger charge is -2.15. The highest BCUT2D eigenvalue weighted by atomic mass is 79.9. The molecule has 0 N–H and O–H groups in total. The molecule has 21 heavy (non-hydrogen) atoms. The van der Waals surface area contributed by atoms with Crippen molar-refractivity contribution in [2.45, 2.75) is 18.9 Å². The molecule has 5 nitrogen and oxygen atoms in total. The lowest BCUT2D eigenvalue weighted by Crippen LogP contribution is -2.05. The van der Waals surface area contributed by atoms with Crippen molar-refractivity contribution in [1.29, 1.82) is 0 Å². The van der Waals surface area contributed by atoms with E-state index in [9.17, 15) is 0 Å². The Morgan fingerprint density at radius 1 is 1.14 bits per heavy atom. The van der Waals surface area contributed by atoms with Gasteiger partial charge in [0.15, 0.2) is 11.5 Å². The molecule has 2 rings (SSSR count). The fourth-order valence-corrected chi connectivity index (χ4v) is 2.42. The van der Waals surface area contributed by atoms with Crippen molar-refractivity contribution in [3.05, 3.63) is 35.2 Å². The van der Waals surface area contributed by atoms with Gasteiger partial charge in [-0.05, 0) is 30.7 Å². The molecule has 1 aromatic carbocycles. The molecular weight excluding hydrogens is 336 g/mol. The Morgan fingerprint density at radius 3 is 2.19 bits per heavy atom. The van der Waals surface area contributed by atoms with Crippen LogP contribution in [0.4, 0.5) is 0 Å². The molecule has 0 amide bonds. The molecule has 0 aliphatic rings. The summed E-state index contributed by atoms with van der Waals surface area (Å²) in [6.07, 6.45) is 0. The lowest BCUT2D eigenvalue weighted by molar-refractivity contribution is 0.258. The molecule has 0 aliphatic carbocycles. The Labute approximate surface area is 132 Å². The van der Waals surface area contributed by atoms with Crippen LogP contribution >= 0.6 is 15.9 Å². The van der Waals surface area contributed by atoms with Crippen molar-refractivity contribution in [3.63, 3.8) is 0 Å². The maximum absolute atomic E-state index is 5.90. The number of aromatic nitrogens is 2. The third-order valence-electron chi connectivity index (χ3n) is 3.14. The summed E-state index contributed by atoms with van der Waals surface area (Å²) in [6, 6.07) is 5.86. The molecule has 6 heteroatoms. The molecule has 0 spiro atoms. The highest BCUT2D eigenvalue weighted by Crippen LogP contribution is 2.39. The summed E-state index contributed by atoms with van der Waals surface area (Å²) in [5.41, 5.74) is 3.01. The minimum atomic E-state index is 0.401. The van der Waals surface area contributed by atoms with E-state index in [0.717, 1.165) is 22.3 Å². The van der Waals surface area contributed by atoms with Crippen LogP contribution < -0.4 is 14.2 Å². The monoisotopic (exact) mass is 354 g/mol. The van der Waals surface area contributed by atoms with Crippen molar-refractivity contribution in [2.75, 3.05) is 14.2 Å². The molecule has 0 radical (unpaired) electrons. The first kappa shape index (κ1) is 15.7. The van der Waals surface area contributed by atoms with Crippen molar-refractivity contribution in [3.8, 4) is 17.2 Å². The molecular formula is C15H19BrN2O3. The molecule has 0 unspecified atom stereocenters. The van der Waals surface area contributed by atoms with Gasteiger partial charge >= 0.3 is 0 Å². The summed E-state index contributed by atoms with van der Waals surface area (Å²) in [6.45, 7) is 2.35. The second kappa shape index (κ2) is 6.85. The van der Waals surface area contributed by atoms with E-state index in [2.05, 4.69) is 21.0 Å². The number of hydrogen-bond acceptors (Lipinski definition) is 4. The second-order valence-electron chi connectivity index (χ2n) is 4.65. The number of ether oxygens (including phenoxy) is 3. The normalized spacial score (nSPS) is 10.5. The smallest absolute Gasteiger partial charge is 0.203 e. The average molecular weight is 355 g/mol. The van der Waals surface area contributed by atoms with Crippen molar-refractivity contribution < 1.29 is 14.2 Å². The molecule has 0 fully saturated rings. The van der Waals surface area contributed by atoms with E-state index in [1.807, 2.05) is 32.2 Å². The summed E-state index contributed by atoms with van der Waals surface area (Å²) in [4.78, 5) is 0. The van der Waals surface area contributed by atoms with Gasteiger partial charge in [-0.1, -0.05) is 15.9 Å². The van der Waals surface area contributed by atoms with Gasteiger partial charge in [0.1, 0.15) is 6.61 Å². The molecule has 1 aromatic heterocycles. The van der Waals surface area contributed by atoms with E-state index in [1.165, 1.54) is 0 Å². The predicted octanol–water partition coefficient (Wildman–Crippen LogP) is 3.22. The van der Waals surface area contributed by atoms with Crippen LogP contribution in [0.2, 0.25) is 0 Å². The number of halogens is 1. The topological polar surface area (TPSA) is 45.5 Å². The summed E-state index contributed by atoms with van der Waals surface area (Å²) in [7, 11) is 5.13. The van der Waals surface area contributed by atoms with Crippen molar-refractivity contribution >= 4 is 15.9 Å². The van der Waals surface area contributed by atoms with Crippen molar-refractivity contribution in [2.24, 2.45) is 7.05 Å². The van der Waals surface area contributed by atoms with Crippen LogP contribution in [-0.2, 0) is 19.0 Å².